The Morgan fingerprint density at radius 2 is 2.09 bits per heavy atom. The highest BCUT2D eigenvalue weighted by molar-refractivity contribution is 8.03. The number of thioether (sulfide) groups is 1. The number of imidazole rings is 1. The fraction of sp³-hybridized carbons (Fsp3) is 0.619. The summed E-state index contributed by atoms with van der Waals surface area (Å²) in [6.07, 6.45) is 5.19. The smallest absolute Gasteiger partial charge is 0.353 e. The van der Waals surface area contributed by atoms with Gasteiger partial charge in [0.2, 0.25) is 11.8 Å². The molecule has 172 valence electrons. The summed E-state index contributed by atoms with van der Waals surface area (Å²) in [5, 5.41) is 23.1. The first kappa shape index (κ1) is 21.5. The Morgan fingerprint density at radius 3 is 2.72 bits per heavy atom. The van der Waals surface area contributed by atoms with Crippen LogP contribution in [-0.4, -0.2) is 90.4 Å². The summed E-state index contributed by atoms with van der Waals surface area (Å²) in [6, 6.07) is -0.339. The minimum absolute atomic E-state index is 0.0371. The summed E-state index contributed by atoms with van der Waals surface area (Å²) in [7, 11) is 0. The molecule has 3 fully saturated rings. The van der Waals surface area contributed by atoms with Crippen LogP contribution in [0.25, 0.3) is 0 Å². The molecule has 1 aromatic heterocycles. The van der Waals surface area contributed by atoms with Crippen molar-refractivity contribution in [3.8, 4) is 0 Å². The number of nitrogens with zero attached hydrogens (tertiary/aromatic N) is 4. The highest BCUT2D eigenvalue weighted by Crippen LogP contribution is 2.51. The molecule has 6 atom stereocenters. The zero-order valence-electron chi connectivity index (χ0n) is 17.9. The third-order valence-corrected chi connectivity index (χ3v) is 8.63. The van der Waals surface area contributed by atoms with E-state index >= 15 is 0 Å². The first-order valence-electron chi connectivity index (χ1n) is 10.9. The van der Waals surface area contributed by atoms with Crippen LogP contribution in [0.15, 0.2) is 29.3 Å². The van der Waals surface area contributed by atoms with Gasteiger partial charge in [-0.05, 0) is 13.3 Å². The van der Waals surface area contributed by atoms with E-state index in [1.54, 1.807) is 19.4 Å². The second-order valence-electron chi connectivity index (χ2n) is 9.12. The summed E-state index contributed by atoms with van der Waals surface area (Å²) in [5.41, 5.74) is 0.0371. The molecule has 3 saturated heterocycles. The summed E-state index contributed by atoms with van der Waals surface area (Å²) >= 11 is 1.46. The first-order valence-corrected chi connectivity index (χ1v) is 11.8. The third-order valence-electron chi connectivity index (χ3n) is 7.11. The normalized spacial score (nSPS) is 33.2. The molecule has 10 nitrogen and oxygen atoms in total. The van der Waals surface area contributed by atoms with Crippen LogP contribution in [0.1, 0.15) is 26.3 Å². The monoisotopic (exact) mass is 461 g/mol. The number of likely N-dealkylation sites (tertiary alicyclic amines) is 1. The minimum Gasteiger partial charge on any atom is -0.477 e. The molecule has 0 aromatic carbocycles. The van der Waals surface area contributed by atoms with Gasteiger partial charge in [-0.1, -0.05) is 6.92 Å². The lowest BCUT2D eigenvalue weighted by atomic mass is 9.79. The van der Waals surface area contributed by atoms with E-state index in [0.29, 0.717) is 31.0 Å². The average Bonchev–Trinajstić information content (AvgIpc) is 3.41. The van der Waals surface area contributed by atoms with Crippen molar-refractivity contribution in [1.82, 2.24) is 24.7 Å². The van der Waals surface area contributed by atoms with Gasteiger partial charge in [0.15, 0.2) is 0 Å². The van der Waals surface area contributed by atoms with Gasteiger partial charge in [-0.2, -0.15) is 0 Å². The molecule has 5 rings (SSSR count). The van der Waals surface area contributed by atoms with E-state index in [4.69, 9.17) is 0 Å². The minimum atomic E-state index is -1.12. The lowest BCUT2D eigenvalue weighted by Crippen LogP contribution is -2.63. The van der Waals surface area contributed by atoms with Crippen molar-refractivity contribution in [2.24, 2.45) is 11.8 Å². The fourth-order valence-electron chi connectivity index (χ4n) is 5.37. The van der Waals surface area contributed by atoms with Gasteiger partial charge in [-0.15, -0.1) is 11.8 Å². The zero-order valence-corrected chi connectivity index (χ0v) is 18.7. The van der Waals surface area contributed by atoms with Gasteiger partial charge in [0.05, 0.1) is 36.5 Å². The van der Waals surface area contributed by atoms with Gasteiger partial charge in [-0.25, -0.2) is 9.78 Å². The van der Waals surface area contributed by atoms with E-state index in [9.17, 15) is 24.6 Å². The maximum absolute atomic E-state index is 12.9. The molecule has 5 heterocycles. The predicted octanol–water partition coefficient (Wildman–Crippen LogP) is -0.116. The fourth-order valence-corrected chi connectivity index (χ4v) is 6.85. The number of aliphatic hydroxyl groups excluding tert-OH is 1. The molecule has 0 bridgehead atoms. The number of aliphatic carboxylic acids is 1. The van der Waals surface area contributed by atoms with E-state index in [0.717, 1.165) is 0 Å². The van der Waals surface area contributed by atoms with Gasteiger partial charge in [0, 0.05) is 48.1 Å². The van der Waals surface area contributed by atoms with E-state index in [-0.39, 0.29) is 46.8 Å². The number of carboxylic acids is 1. The Balaban J connectivity index is 1.22. The van der Waals surface area contributed by atoms with Gasteiger partial charge in [0.25, 0.3) is 0 Å². The summed E-state index contributed by atoms with van der Waals surface area (Å²) in [5.74, 6) is -2.10. The standard InChI is InChI=1S/C21H27N5O5S/c1-10-16-15(11(2)27)20(29)26(16)17(21(30)31)18(10)32-13-5-14(23-6-13)19(28)25-7-12(8-25)24-4-3-22-9-24/h3-4,9-16,23,27H,5-8H2,1-2H3,(H,30,31)/t10-,11?,13+,14+,15-,16-/m1/s1. The number of aromatic nitrogens is 2. The molecule has 0 spiro atoms. The SMILES string of the molecule is CC(O)[C@H]1C(=O)N2C(C(=O)O)=C(S[C@@H]3CN[C@H](C(=O)N4CC(n5ccnc5)C4)C3)[C@H](C)[C@H]12. The molecular weight excluding hydrogens is 434 g/mol. The third kappa shape index (κ3) is 3.25. The number of nitrogens with one attached hydrogen (secondary N) is 1. The summed E-state index contributed by atoms with van der Waals surface area (Å²) in [6.45, 7) is 5.41. The second-order valence-corrected chi connectivity index (χ2v) is 10.5. The number of carboxylic acid groups (broad SMARTS) is 1. The van der Waals surface area contributed by atoms with E-state index in [1.165, 1.54) is 16.7 Å². The molecule has 4 aliphatic heterocycles. The summed E-state index contributed by atoms with van der Waals surface area (Å²) < 4.78 is 2.01. The molecule has 2 amide bonds. The molecule has 0 radical (unpaired) electrons. The van der Waals surface area contributed by atoms with Crippen molar-refractivity contribution in [3.63, 3.8) is 0 Å². The number of fused-ring (bicyclic) bond motifs is 1. The van der Waals surface area contributed by atoms with Crippen LogP contribution in [0.5, 0.6) is 0 Å². The number of hydrogen-bond donors (Lipinski definition) is 3. The van der Waals surface area contributed by atoms with Gasteiger partial charge < -0.3 is 29.9 Å². The maximum Gasteiger partial charge on any atom is 0.353 e. The molecule has 1 unspecified atom stereocenters. The van der Waals surface area contributed by atoms with Crippen LogP contribution in [0, 0.1) is 11.8 Å². The molecular formula is C21H27N5O5S. The van der Waals surface area contributed by atoms with E-state index in [2.05, 4.69) is 10.3 Å². The molecule has 4 aliphatic rings. The molecule has 1 aromatic rings. The van der Waals surface area contributed by atoms with Gasteiger partial charge in [0.1, 0.15) is 5.70 Å². The van der Waals surface area contributed by atoms with Crippen LogP contribution >= 0.6 is 11.8 Å². The number of aliphatic hydroxyl groups is 1. The Kier molecular flexibility index (Phi) is 5.30. The van der Waals surface area contributed by atoms with Crippen molar-refractivity contribution >= 4 is 29.5 Å². The number of carbonyl (C=O) groups is 3. The maximum atomic E-state index is 12.9. The lowest BCUT2D eigenvalue weighted by Gasteiger charge is -2.46. The topological polar surface area (TPSA) is 128 Å². The molecule has 3 N–H and O–H groups in total. The quantitative estimate of drug-likeness (QED) is 0.501. The number of β-lactam (4-membered cyclic amide) rings is 1. The average molecular weight is 462 g/mol. The highest BCUT2D eigenvalue weighted by Gasteiger charge is 2.60. The second kappa shape index (κ2) is 7.89. The molecule has 11 heteroatoms. The van der Waals surface area contributed by atoms with Crippen molar-refractivity contribution in [1.29, 1.82) is 0 Å². The van der Waals surface area contributed by atoms with Crippen LogP contribution in [0.2, 0.25) is 0 Å². The number of amides is 2. The van der Waals surface area contributed by atoms with E-state index < -0.39 is 18.0 Å². The van der Waals surface area contributed by atoms with Crippen LogP contribution in [-0.2, 0) is 14.4 Å². The number of hydrogen-bond acceptors (Lipinski definition) is 7. The Hall–Kier alpha value is -2.37. The number of carbonyl (C=O) groups excluding carboxylic acids is 2. The van der Waals surface area contributed by atoms with Crippen molar-refractivity contribution < 1.29 is 24.6 Å². The van der Waals surface area contributed by atoms with Crippen LogP contribution in [0.4, 0.5) is 0 Å². The molecule has 32 heavy (non-hydrogen) atoms. The zero-order chi connectivity index (χ0) is 22.7. The summed E-state index contributed by atoms with van der Waals surface area (Å²) in [4.78, 5) is 45.2. The van der Waals surface area contributed by atoms with Crippen LogP contribution in [0.3, 0.4) is 0 Å². The van der Waals surface area contributed by atoms with E-state index in [1.807, 2.05) is 22.6 Å². The Morgan fingerprint density at radius 1 is 1.34 bits per heavy atom. The van der Waals surface area contributed by atoms with Crippen molar-refractivity contribution in [2.45, 2.75) is 49.7 Å². The highest BCUT2D eigenvalue weighted by atomic mass is 32.2. The molecule has 0 aliphatic carbocycles. The Bertz CT molecular complexity index is 973. The number of rotatable bonds is 6. The lowest BCUT2D eigenvalue weighted by molar-refractivity contribution is -0.163. The Labute approximate surface area is 189 Å². The largest absolute Gasteiger partial charge is 0.477 e. The van der Waals surface area contributed by atoms with Gasteiger partial charge in [-0.3, -0.25) is 9.59 Å². The van der Waals surface area contributed by atoms with Gasteiger partial charge >= 0.3 is 5.97 Å². The first-order chi connectivity index (χ1) is 15.3. The van der Waals surface area contributed by atoms with Crippen molar-refractivity contribution in [2.75, 3.05) is 19.6 Å². The van der Waals surface area contributed by atoms with Crippen LogP contribution < -0.4 is 5.32 Å². The predicted molar refractivity (Wildman–Crippen MR) is 115 cm³/mol. The molecule has 0 saturated carbocycles. The van der Waals surface area contributed by atoms with Crippen molar-refractivity contribution in [3.05, 3.63) is 29.3 Å².